The topological polar surface area (TPSA) is 95.9 Å². The first-order valence-corrected chi connectivity index (χ1v) is 37.6. The van der Waals surface area contributed by atoms with Gasteiger partial charge in [-0.3, -0.25) is 9.59 Å². The number of carbonyl (C=O) groups excluding carboxylic acids is 2. The summed E-state index contributed by atoms with van der Waals surface area (Å²) in [5.74, 6) is -0.0164. The van der Waals surface area contributed by atoms with E-state index in [9.17, 15) is 19.8 Å². The highest BCUT2D eigenvalue weighted by Gasteiger charge is 2.20. The molecule has 0 aromatic rings. The van der Waals surface area contributed by atoms with Crippen molar-refractivity contribution in [2.24, 2.45) is 0 Å². The number of hydrogen-bond donors (Lipinski definition) is 3. The summed E-state index contributed by atoms with van der Waals surface area (Å²) < 4.78 is 5.49. The molecule has 0 aromatic carbocycles. The Morgan fingerprint density at radius 2 is 0.573 bits per heavy atom. The number of aliphatic hydroxyl groups is 2. The van der Waals surface area contributed by atoms with E-state index in [1.54, 1.807) is 0 Å². The highest BCUT2D eigenvalue weighted by molar-refractivity contribution is 5.76. The first-order valence-electron chi connectivity index (χ1n) is 37.6. The van der Waals surface area contributed by atoms with Crippen LogP contribution in [0.3, 0.4) is 0 Å². The average Bonchev–Trinajstić information content (AvgIpc) is 3.48. The third kappa shape index (κ3) is 67.5. The molecule has 0 heterocycles. The van der Waals surface area contributed by atoms with Crippen molar-refractivity contribution >= 4 is 11.9 Å². The molecule has 0 aliphatic carbocycles. The molecule has 0 rings (SSSR count). The highest BCUT2D eigenvalue weighted by Crippen LogP contribution is 2.19. The van der Waals surface area contributed by atoms with E-state index in [0.717, 1.165) is 44.9 Å². The number of rotatable bonds is 71. The number of esters is 1. The Balaban J connectivity index is 3.34. The van der Waals surface area contributed by atoms with Gasteiger partial charge in [0.05, 0.1) is 25.4 Å². The molecule has 1 amide bonds. The maximum Gasteiger partial charge on any atom is 0.305 e. The van der Waals surface area contributed by atoms with E-state index in [4.69, 9.17) is 4.74 Å². The van der Waals surface area contributed by atoms with Crippen molar-refractivity contribution in [3.05, 3.63) is 24.3 Å². The first kappa shape index (κ1) is 80.3. The fraction of sp³-hybridized carbons (Fsp3) is 0.921. The lowest BCUT2D eigenvalue weighted by molar-refractivity contribution is -0.143. The molecule has 2 unspecified atom stereocenters. The Hall–Kier alpha value is -1.66. The minimum Gasteiger partial charge on any atom is -0.466 e. The number of unbranched alkanes of at least 4 members (excludes halogenated alkanes) is 56. The van der Waals surface area contributed by atoms with Crippen molar-refractivity contribution < 1.29 is 24.5 Å². The van der Waals surface area contributed by atoms with Gasteiger partial charge in [0.2, 0.25) is 5.91 Å². The van der Waals surface area contributed by atoms with E-state index in [1.165, 1.54) is 347 Å². The van der Waals surface area contributed by atoms with Crippen LogP contribution in [-0.2, 0) is 14.3 Å². The summed E-state index contributed by atoms with van der Waals surface area (Å²) in [7, 11) is 0. The smallest absolute Gasteiger partial charge is 0.305 e. The molecule has 82 heavy (non-hydrogen) atoms. The zero-order valence-corrected chi connectivity index (χ0v) is 55.8. The number of hydrogen-bond acceptors (Lipinski definition) is 5. The maximum absolute atomic E-state index is 12.5. The molecule has 6 heteroatoms. The van der Waals surface area contributed by atoms with Gasteiger partial charge in [0.15, 0.2) is 0 Å². The van der Waals surface area contributed by atoms with E-state index < -0.39 is 12.1 Å². The zero-order valence-electron chi connectivity index (χ0n) is 55.8. The van der Waals surface area contributed by atoms with E-state index in [1.807, 2.05) is 0 Å². The van der Waals surface area contributed by atoms with Crippen LogP contribution in [0.4, 0.5) is 0 Å². The van der Waals surface area contributed by atoms with Crippen LogP contribution in [0.2, 0.25) is 0 Å². The van der Waals surface area contributed by atoms with Crippen molar-refractivity contribution in [2.45, 2.75) is 437 Å². The molecule has 0 saturated heterocycles. The van der Waals surface area contributed by atoms with E-state index in [-0.39, 0.29) is 18.5 Å². The molecule has 0 aromatic heterocycles. The predicted octanol–water partition coefficient (Wildman–Crippen LogP) is 24.5. The Kier molecular flexibility index (Phi) is 70.4. The van der Waals surface area contributed by atoms with Gasteiger partial charge in [-0.15, -0.1) is 0 Å². The average molecular weight is 1160 g/mol. The van der Waals surface area contributed by atoms with Gasteiger partial charge in [0.1, 0.15) is 0 Å². The summed E-state index contributed by atoms with van der Waals surface area (Å²) in [5.41, 5.74) is 0. The second-order valence-corrected chi connectivity index (χ2v) is 26.0. The van der Waals surface area contributed by atoms with Gasteiger partial charge in [-0.05, 0) is 77.0 Å². The number of carbonyl (C=O) groups is 2. The predicted molar refractivity (Wildman–Crippen MR) is 361 cm³/mol. The molecular weight excluding hydrogens is 1010 g/mol. The summed E-state index contributed by atoms with van der Waals surface area (Å²) in [4.78, 5) is 24.6. The molecule has 3 N–H and O–H groups in total. The lowest BCUT2D eigenvalue weighted by atomic mass is 10.0. The molecule has 2 atom stereocenters. The minimum absolute atomic E-state index is 0.0115. The van der Waals surface area contributed by atoms with Gasteiger partial charge in [-0.25, -0.2) is 0 Å². The molecule has 0 fully saturated rings. The summed E-state index contributed by atoms with van der Waals surface area (Å²) in [6, 6.07) is -0.539. The first-order chi connectivity index (χ1) is 40.5. The number of allylic oxidation sites excluding steroid dienone is 4. The van der Waals surface area contributed by atoms with Gasteiger partial charge in [0, 0.05) is 12.8 Å². The van der Waals surface area contributed by atoms with Crippen molar-refractivity contribution in [1.82, 2.24) is 5.32 Å². The number of amides is 1. The summed E-state index contributed by atoms with van der Waals surface area (Å²) in [5, 5.41) is 23.4. The van der Waals surface area contributed by atoms with Crippen LogP contribution in [0.1, 0.15) is 425 Å². The SMILES string of the molecule is CCCCCCCC/C=C\CCCCCCCC(=O)OCCCCCCCCCCCCCC/C=C\CCCCCCCCCCCCCCCCCCCC(=O)NC(CO)C(O)CCCCCCCCCCCCCCCCCCC. The Bertz CT molecular complexity index is 1280. The fourth-order valence-electron chi connectivity index (χ4n) is 12.0. The maximum atomic E-state index is 12.5. The van der Waals surface area contributed by atoms with Crippen molar-refractivity contribution in [1.29, 1.82) is 0 Å². The quantitative estimate of drug-likeness (QED) is 0.0320. The third-order valence-electron chi connectivity index (χ3n) is 17.7. The Morgan fingerprint density at radius 1 is 0.329 bits per heavy atom. The van der Waals surface area contributed by atoms with Gasteiger partial charge in [-0.2, -0.15) is 0 Å². The van der Waals surface area contributed by atoms with Crippen molar-refractivity contribution in [2.75, 3.05) is 13.2 Å². The lowest BCUT2D eigenvalue weighted by Crippen LogP contribution is -2.45. The monoisotopic (exact) mass is 1150 g/mol. The second kappa shape index (κ2) is 71.8. The Labute approximate surface area is 513 Å². The molecule has 0 spiro atoms. The minimum atomic E-state index is -0.662. The van der Waals surface area contributed by atoms with Crippen LogP contribution in [0.5, 0.6) is 0 Å². The lowest BCUT2D eigenvalue weighted by Gasteiger charge is -2.22. The third-order valence-corrected chi connectivity index (χ3v) is 17.7. The molecule has 0 bridgehead atoms. The van der Waals surface area contributed by atoms with E-state index in [0.29, 0.717) is 25.9 Å². The second-order valence-electron chi connectivity index (χ2n) is 26.0. The number of ether oxygens (including phenoxy) is 1. The van der Waals surface area contributed by atoms with Crippen LogP contribution >= 0.6 is 0 Å². The number of aliphatic hydroxyl groups excluding tert-OH is 2. The molecule has 0 radical (unpaired) electrons. The van der Waals surface area contributed by atoms with Crippen molar-refractivity contribution in [3.63, 3.8) is 0 Å². The van der Waals surface area contributed by atoms with Gasteiger partial charge in [-0.1, -0.05) is 359 Å². The molecule has 6 nitrogen and oxygen atoms in total. The van der Waals surface area contributed by atoms with Crippen molar-refractivity contribution in [3.8, 4) is 0 Å². The highest BCUT2D eigenvalue weighted by atomic mass is 16.5. The van der Waals surface area contributed by atoms with Crippen LogP contribution < -0.4 is 5.32 Å². The Morgan fingerprint density at radius 3 is 0.866 bits per heavy atom. The number of nitrogens with one attached hydrogen (secondary N) is 1. The fourth-order valence-corrected chi connectivity index (χ4v) is 12.0. The molecule has 0 aliphatic rings. The van der Waals surface area contributed by atoms with Gasteiger partial charge in [0.25, 0.3) is 0 Å². The van der Waals surface area contributed by atoms with E-state index in [2.05, 4.69) is 43.5 Å². The summed E-state index contributed by atoms with van der Waals surface area (Å²) in [6.45, 7) is 4.99. The van der Waals surface area contributed by atoms with Crippen LogP contribution in [-0.4, -0.2) is 47.4 Å². The van der Waals surface area contributed by atoms with Crippen LogP contribution in [0, 0.1) is 0 Å². The summed E-state index contributed by atoms with van der Waals surface area (Å²) >= 11 is 0. The summed E-state index contributed by atoms with van der Waals surface area (Å²) in [6.07, 6.45) is 91.1. The molecule has 0 saturated carbocycles. The molecular formula is C76H147NO5. The van der Waals surface area contributed by atoms with Crippen LogP contribution in [0.25, 0.3) is 0 Å². The largest absolute Gasteiger partial charge is 0.466 e. The normalized spacial score (nSPS) is 12.6. The van der Waals surface area contributed by atoms with Gasteiger partial charge >= 0.3 is 5.97 Å². The molecule has 0 aliphatic heterocycles. The standard InChI is InChI=1S/C76H147NO5/c1-3-5-7-9-11-13-15-17-19-37-41-44-48-52-56-60-64-68-74(79)73(72-78)77-75(80)69-65-61-57-53-49-45-42-38-35-33-31-29-27-25-23-21-20-22-24-26-28-30-32-34-36-39-43-47-51-55-59-63-67-71-82-76(81)70-66-62-58-54-50-46-40-18-16-14-12-10-8-6-4-2/h18,24,26,40,73-74,78-79H,3-17,19-23,25,27-39,41-72H2,1-2H3,(H,77,80)/b26-24-,40-18-. The van der Waals surface area contributed by atoms with Crippen LogP contribution in [0.15, 0.2) is 24.3 Å². The van der Waals surface area contributed by atoms with Gasteiger partial charge < -0.3 is 20.3 Å². The van der Waals surface area contributed by atoms with E-state index >= 15 is 0 Å². The molecule has 486 valence electrons. The zero-order chi connectivity index (χ0) is 59.2.